The van der Waals surface area contributed by atoms with E-state index in [1.807, 2.05) is 19.9 Å². The molecular weight excluding hydrogens is 878 g/mol. The first-order valence-corrected chi connectivity index (χ1v) is 21.9. The summed E-state index contributed by atoms with van der Waals surface area (Å²) in [5.41, 5.74) is 40.6. The van der Waals surface area contributed by atoms with Crippen molar-refractivity contribution in [3.63, 3.8) is 0 Å². The highest BCUT2D eigenvalue weighted by Gasteiger charge is 2.33. The van der Waals surface area contributed by atoms with Crippen LogP contribution in [0.1, 0.15) is 62.6 Å². The minimum absolute atomic E-state index is 0.00636. The molecule has 0 saturated heterocycles. The summed E-state index contributed by atoms with van der Waals surface area (Å²) in [6.07, 6.45) is 3.30. The lowest BCUT2D eigenvalue weighted by atomic mass is 9.99. The predicted molar refractivity (Wildman–Crippen MR) is 259 cm³/mol. The van der Waals surface area contributed by atoms with E-state index in [4.69, 9.17) is 40.1 Å². The predicted octanol–water partition coefficient (Wildman–Crippen LogP) is -0.708. The highest BCUT2D eigenvalue weighted by molar-refractivity contribution is 5.98. The van der Waals surface area contributed by atoms with Crippen molar-refractivity contribution in [2.24, 2.45) is 61.0 Å². The van der Waals surface area contributed by atoms with Crippen molar-refractivity contribution < 1.29 is 33.2 Å². The van der Waals surface area contributed by atoms with E-state index in [9.17, 15) is 33.2 Å². The van der Waals surface area contributed by atoms with Crippen LogP contribution in [0.5, 0.6) is 0 Å². The van der Waals surface area contributed by atoms with Gasteiger partial charge in [-0.15, -0.1) is 0 Å². The second-order valence-electron chi connectivity index (χ2n) is 16.2. The van der Waals surface area contributed by atoms with Crippen LogP contribution in [-0.4, -0.2) is 96.6 Å². The lowest BCUT2D eigenvalue weighted by molar-refractivity contribution is -0.135. The number of nitrogens with two attached hydrogens (primary N) is 7. The number of guanidine groups is 3. The monoisotopic (exact) mass is 942 g/mol. The van der Waals surface area contributed by atoms with Crippen LogP contribution in [0.25, 0.3) is 6.08 Å². The van der Waals surface area contributed by atoms with Gasteiger partial charge >= 0.3 is 0 Å². The van der Waals surface area contributed by atoms with Gasteiger partial charge in [0.2, 0.25) is 35.4 Å². The summed E-state index contributed by atoms with van der Waals surface area (Å²) in [4.78, 5) is 94.2. The van der Waals surface area contributed by atoms with E-state index in [0.29, 0.717) is 23.2 Å². The number of nitrogens with zero attached hydrogens (tertiary/aromatic N) is 3. The maximum atomic E-state index is 14.5. The van der Waals surface area contributed by atoms with Gasteiger partial charge in [-0.3, -0.25) is 38.8 Å². The number of aliphatic imine (C=N–C) groups is 3. The summed E-state index contributed by atoms with van der Waals surface area (Å²) in [6.45, 7) is 3.90. The van der Waals surface area contributed by atoms with Crippen LogP contribution in [-0.2, 0) is 41.6 Å². The summed E-state index contributed by atoms with van der Waals surface area (Å²) in [7, 11) is 0. The third kappa shape index (κ3) is 20.9. The number of carbonyl (C=O) groups is 6. The number of rotatable bonds is 27. The Morgan fingerprint density at radius 3 is 1.53 bits per heavy atom. The van der Waals surface area contributed by atoms with Gasteiger partial charge in [0.25, 0.3) is 0 Å². The molecule has 0 bridgehead atoms. The largest absolute Gasteiger partial charge is 0.370 e. The number of amides is 6. The first kappa shape index (κ1) is 54.3. The van der Waals surface area contributed by atoms with Gasteiger partial charge in [-0.2, -0.15) is 0 Å². The Balaban J connectivity index is 1.97. The van der Waals surface area contributed by atoms with Crippen LogP contribution < -0.4 is 66.7 Å². The van der Waals surface area contributed by atoms with Crippen LogP contribution in [0.3, 0.4) is 0 Å². The van der Waals surface area contributed by atoms with E-state index in [1.54, 1.807) is 54.6 Å². The molecule has 366 valence electrons. The fourth-order valence-electron chi connectivity index (χ4n) is 6.68. The van der Waals surface area contributed by atoms with Crippen molar-refractivity contribution in [3.05, 3.63) is 107 Å². The van der Waals surface area contributed by atoms with E-state index in [-0.39, 0.29) is 75.4 Å². The van der Waals surface area contributed by atoms with E-state index in [2.05, 4.69) is 41.6 Å². The molecule has 3 aromatic carbocycles. The Kier molecular flexibility index (Phi) is 22.4. The van der Waals surface area contributed by atoms with Gasteiger partial charge in [-0.25, -0.2) is 9.38 Å². The van der Waals surface area contributed by atoms with Gasteiger partial charge in [-0.05, 0) is 85.1 Å². The lowest BCUT2D eigenvalue weighted by Crippen LogP contribution is -2.59. The number of nitrogens with one attached hydrogen (secondary N) is 5. The minimum atomic E-state index is -1.36. The van der Waals surface area contributed by atoms with Crippen molar-refractivity contribution in [3.8, 4) is 0 Å². The summed E-state index contributed by atoms with van der Waals surface area (Å²) < 4.78 is 13.9. The molecule has 0 fully saturated rings. The van der Waals surface area contributed by atoms with Crippen molar-refractivity contribution in [2.75, 3.05) is 13.1 Å². The van der Waals surface area contributed by atoms with Gasteiger partial charge in [0.15, 0.2) is 17.9 Å². The van der Waals surface area contributed by atoms with E-state index in [0.717, 1.165) is 5.56 Å². The van der Waals surface area contributed by atoms with Gasteiger partial charge in [0.05, 0.1) is 5.69 Å². The Morgan fingerprint density at radius 2 is 1.01 bits per heavy atom. The van der Waals surface area contributed by atoms with E-state index < -0.39 is 71.5 Å². The zero-order valence-corrected chi connectivity index (χ0v) is 38.2. The Morgan fingerprint density at radius 1 is 0.559 bits per heavy atom. The third-order valence-corrected chi connectivity index (χ3v) is 10.0. The molecule has 68 heavy (non-hydrogen) atoms. The molecule has 3 aromatic rings. The SMILES string of the molecule is CC(C)C[C@H](NC(=O)[C@H](Cc1ccc(N=C(N)N)cc1)NC(=O)[C@H](Cc1ccc(F)cc1)NC(=O)/C=C/c1ccccc1)C(=O)N[C@@H](CCCN=C(N)N)C(=O)N[C@@H](CCCN=C(N)N)C(N)=O. The smallest absolute Gasteiger partial charge is 0.244 e. The number of hydrogen-bond donors (Lipinski definition) is 12. The van der Waals surface area contributed by atoms with Crippen LogP contribution in [0.15, 0.2) is 99.9 Å². The molecule has 3 rings (SSSR count). The van der Waals surface area contributed by atoms with Crippen LogP contribution in [0, 0.1) is 11.7 Å². The molecule has 22 heteroatoms. The number of hydrogen-bond acceptors (Lipinski definition) is 9. The Bertz CT molecular complexity index is 2260. The highest BCUT2D eigenvalue weighted by Crippen LogP contribution is 2.16. The summed E-state index contributed by atoms with van der Waals surface area (Å²) in [6, 6.07) is 14.6. The normalized spacial score (nSPS) is 13.1. The number of benzene rings is 3. The molecule has 5 atom stereocenters. The fraction of sp³-hybridized carbons (Fsp3) is 0.370. The molecule has 0 aliphatic rings. The van der Waals surface area contributed by atoms with Gasteiger partial charge < -0.3 is 66.7 Å². The molecule has 0 aromatic heterocycles. The van der Waals surface area contributed by atoms with Crippen LogP contribution in [0.4, 0.5) is 10.1 Å². The van der Waals surface area contributed by atoms with E-state index >= 15 is 0 Å². The molecule has 0 aliphatic heterocycles. The molecule has 0 heterocycles. The zero-order chi connectivity index (χ0) is 50.2. The first-order chi connectivity index (χ1) is 32.3. The molecule has 0 spiro atoms. The topological polar surface area (TPSA) is 382 Å². The summed E-state index contributed by atoms with van der Waals surface area (Å²) >= 11 is 0. The molecule has 19 N–H and O–H groups in total. The van der Waals surface area contributed by atoms with Crippen molar-refractivity contribution in [1.29, 1.82) is 0 Å². The minimum Gasteiger partial charge on any atom is -0.370 e. The quantitative estimate of drug-likeness (QED) is 0.0195. The maximum absolute atomic E-state index is 14.5. The van der Waals surface area contributed by atoms with Gasteiger partial charge in [0, 0.05) is 32.0 Å². The van der Waals surface area contributed by atoms with Crippen LogP contribution in [0.2, 0.25) is 0 Å². The first-order valence-electron chi connectivity index (χ1n) is 21.9. The van der Waals surface area contributed by atoms with Crippen LogP contribution >= 0.6 is 0 Å². The fourth-order valence-corrected chi connectivity index (χ4v) is 6.68. The van der Waals surface area contributed by atoms with Crippen molar-refractivity contribution in [2.45, 2.75) is 89.0 Å². The second kappa shape index (κ2) is 28.1. The molecule has 6 amide bonds. The molecular formula is C46H64FN15O6. The van der Waals surface area contributed by atoms with E-state index in [1.165, 1.54) is 30.3 Å². The Labute approximate surface area is 394 Å². The maximum Gasteiger partial charge on any atom is 0.244 e. The highest BCUT2D eigenvalue weighted by atomic mass is 19.1. The van der Waals surface area contributed by atoms with Crippen molar-refractivity contribution in [1.82, 2.24) is 26.6 Å². The number of primary amides is 1. The number of carbonyl (C=O) groups excluding carboxylic acids is 6. The summed E-state index contributed by atoms with van der Waals surface area (Å²) in [5.74, 6) is -5.69. The number of halogens is 1. The lowest BCUT2D eigenvalue weighted by Gasteiger charge is -2.28. The molecule has 0 unspecified atom stereocenters. The average molecular weight is 942 g/mol. The zero-order valence-electron chi connectivity index (χ0n) is 38.2. The third-order valence-electron chi connectivity index (χ3n) is 10.0. The standard InChI is InChI=1S/C46H64FN15O6/c1-27(2)24-35(41(66)60-34(11-7-23-56-45(51)52)40(65)59-33(39(48)64)10-6-22-55-44(49)50)61-43(68)37(26-30-14-19-32(20-15-30)57-46(53)54)62-42(67)36(25-29-12-17-31(47)18-13-29)58-38(63)21-16-28-8-4-3-5-9-28/h3-5,8-9,12-21,27,33-37H,6-7,10-11,22-26H2,1-2H3,(H2,48,64)(H,58,63)(H,59,65)(H,60,66)(H,61,68)(H,62,67)(H4,49,50,55)(H4,51,52,56)(H4,53,54,57)/b21-16+/t33-,34-,35-,36-,37-/m0/s1. The van der Waals surface area contributed by atoms with Crippen molar-refractivity contribution >= 4 is 65.1 Å². The van der Waals surface area contributed by atoms with Gasteiger partial charge in [-0.1, -0.05) is 68.4 Å². The second-order valence-corrected chi connectivity index (χ2v) is 16.2. The Hall–Kier alpha value is -8.04. The average Bonchev–Trinajstić information content (AvgIpc) is 3.27. The molecule has 0 saturated carbocycles. The molecule has 0 radical (unpaired) electrons. The van der Waals surface area contributed by atoms with Gasteiger partial charge in [0.1, 0.15) is 36.0 Å². The molecule has 21 nitrogen and oxygen atoms in total. The summed E-state index contributed by atoms with van der Waals surface area (Å²) in [5, 5.41) is 13.5. The molecule has 0 aliphatic carbocycles.